The van der Waals surface area contributed by atoms with Crippen LogP contribution in [0.4, 0.5) is 10.5 Å². The van der Waals surface area contributed by atoms with Crippen molar-refractivity contribution in [2.24, 2.45) is 5.10 Å². The van der Waals surface area contributed by atoms with Gasteiger partial charge in [0.05, 0.1) is 26.0 Å². The van der Waals surface area contributed by atoms with Crippen LogP contribution in [0.3, 0.4) is 0 Å². The van der Waals surface area contributed by atoms with Gasteiger partial charge in [0, 0.05) is 30.0 Å². The molecule has 2 aromatic rings. The number of hydrogen-bond donors (Lipinski definition) is 1. The maximum absolute atomic E-state index is 12.6. The maximum atomic E-state index is 12.6. The van der Waals surface area contributed by atoms with E-state index in [2.05, 4.69) is 22.2 Å². The van der Waals surface area contributed by atoms with Crippen LogP contribution in [0.1, 0.15) is 50.2 Å². The van der Waals surface area contributed by atoms with Crippen molar-refractivity contribution >= 4 is 34.3 Å². The molecule has 2 aliphatic rings. The molecule has 0 aromatic heterocycles. The van der Waals surface area contributed by atoms with Gasteiger partial charge in [-0.1, -0.05) is 37.2 Å². The minimum Gasteiger partial charge on any atom is -0.493 e. The summed E-state index contributed by atoms with van der Waals surface area (Å²) in [4.78, 5) is 27.3. The second-order valence-corrected chi connectivity index (χ2v) is 10.2. The van der Waals surface area contributed by atoms with E-state index >= 15 is 0 Å². The lowest BCUT2D eigenvalue weighted by molar-refractivity contribution is -0.116. The quantitative estimate of drug-likeness (QED) is 0.425. The van der Waals surface area contributed by atoms with Crippen molar-refractivity contribution in [2.75, 3.05) is 44.4 Å². The molecule has 37 heavy (non-hydrogen) atoms. The molecule has 2 aliphatic heterocycles. The average Bonchev–Trinajstić information content (AvgIpc) is 2.93. The number of amides is 2. The Morgan fingerprint density at radius 1 is 1.08 bits per heavy atom. The van der Waals surface area contributed by atoms with Crippen LogP contribution in [0, 0.1) is 0 Å². The van der Waals surface area contributed by atoms with Crippen molar-refractivity contribution in [1.29, 1.82) is 0 Å². The fraction of sp³-hybridized carbons (Fsp3) is 0.464. The molecule has 8 nitrogen and oxygen atoms in total. The SMILES string of the molecule is CCCOc1cc(C2=NN(Cc3ccc(NC(=O)CCN4CCCCC4)cc3)C(=O)SC2)ccc1OC. The van der Waals surface area contributed by atoms with Gasteiger partial charge in [0.25, 0.3) is 0 Å². The van der Waals surface area contributed by atoms with Crippen LogP contribution < -0.4 is 14.8 Å². The Morgan fingerprint density at radius 3 is 2.59 bits per heavy atom. The van der Waals surface area contributed by atoms with E-state index in [0.717, 1.165) is 48.6 Å². The molecule has 198 valence electrons. The normalized spacial score (nSPS) is 16.3. The van der Waals surface area contributed by atoms with Gasteiger partial charge in [-0.15, -0.1) is 0 Å². The Labute approximate surface area is 223 Å². The highest BCUT2D eigenvalue weighted by Crippen LogP contribution is 2.30. The van der Waals surface area contributed by atoms with Crippen molar-refractivity contribution in [3.05, 3.63) is 53.6 Å². The number of hydrazone groups is 1. The van der Waals surface area contributed by atoms with E-state index in [1.165, 1.54) is 36.0 Å². The number of benzene rings is 2. The van der Waals surface area contributed by atoms with Gasteiger partial charge in [-0.05, 0) is 68.2 Å². The summed E-state index contributed by atoms with van der Waals surface area (Å²) < 4.78 is 11.3. The molecule has 0 spiro atoms. The highest BCUT2D eigenvalue weighted by atomic mass is 32.2. The second-order valence-electron chi connectivity index (χ2n) is 9.27. The van der Waals surface area contributed by atoms with Crippen molar-refractivity contribution in [2.45, 2.75) is 45.6 Å². The number of methoxy groups -OCH3 is 1. The number of likely N-dealkylation sites (tertiary alicyclic amines) is 1. The third-order valence-electron chi connectivity index (χ3n) is 6.42. The number of carbonyl (C=O) groups excluding carboxylic acids is 2. The van der Waals surface area contributed by atoms with E-state index in [-0.39, 0.29) is 11.1 Å². The Morgan fingerprint density at radius 2 is 1.86 bits per heavy atom. The number of piperidine rings is 1. The molecule has 4 rings (SSSR count). The molecular weight excluding hydrogens is 488 g/mol. The van der Waals surface area contributed by atoms with E-state index < -0.39 is 0 Å². The van der Waals surface area contributed by atoms with Crippen LogP contribution in [0.15, 0.2) is 47.6 Å². The lowest BCUT2D eigenvalue weighted by Gasteiger charge is -2.26. The van der Waals surface area contributed by atoms with Crippen LogP contribution in [0.2, 0.25) is 0 Å². The predicted molar refractivity (Wildman–Crippen MR) is 149 cm³/mol. The van der Waals surface area contributed by atoms with Crippen LogP contribution in [0.25, 0.3) is 0 Å². The molecule has 0 radical (unpaired) electrons. The number of thioether (sulfide) groups is 1. The lowest BCUT2D eigenvalue weighted by atomic mass is 10.1. The highest BCUT2D eigenvalue weighted by Gasteiger charge is 2.23. The largest absolute Gasteiger partial charge is 0.493 e. The van der Waals surface area contributed by atoms with Gasteiger partial charge in [0.1, 0.15) is 0 Å². The molecule has 1 saturated heterocycles. The fourth-order valence-electron chi connectivity index (χ4n) is 4.37. The number of anilines is 1. The van der Waals surface area contributed by atoms with E-state index in [9.17, 15) is 9.59 Å². The predicted octanol–water partition coefficient (Wildman–Crippen LogP) is 5.37. The standard InChI is InChI=1S/C28H36N4O4S/c1-3-17-36-26-18-22(9-12-25(26)35-2)24-20-37-28(34)32(30-24)19-21-7-10-23(11-8-21)29-27(33)13-16-31-14-5-4-6-15-31/h7-12,18H,3-6,13-17,19-20H2,1-2H3,(H,29,33). The number of rotatable bonds is 11. The van der Waals surface area contributed by atoms with Gasteiger partial charge in [-0.2, -0.15) is 5.10 Å². The molecule has 1 fully saturated rings. The molecule has 9 heteroatoms. The Hall–Kier alpha value is -3.04. The number of nitrogens with zero attached hydrogens (tertiary/aromatic N) is 3. The number of carbonyl (C=O) groups is 2. The zero-order chi connectivity index (χ0) is 26.0. The van der Waals surface area contributed by atoms with Crippen LogP contribution in [-0.2, 0) is 11.3 Å². The molecular formula is C28H36N4O4S. The summed E-state index contributed by atoms with van der Waals surface area (Å²) >= 11 is 1.23. The van der Waals surface area contributed by atoms with E-state index in [1.54, 1.807) is 7.11 Å². The summed E-state index contributed by atoms with van der Waals surface area (Å²) in [5.74, 6) is 1.87. The molecule has 0 saturated carbocycles. The van der Waals surface area contributed by atoms with Gasteiger partial charge in [0.2, 0.25) is 5.91 Å². The summed E-state index contributed by atoms with van der Waals surface area (Å²) in [5, 5.41) is 9.04. The first-order chi connectivity index (χ1) is 18.1. The average molecular weight is 525 g/mol. The molecule has 0 unspecified atom stereocenters. The van der Waals surface area contributed by atoms with Crippen LogP contribution in [0.5, 0.6) is 11.5 Å². The molecule has 0 atom stereocenters. The van der Waals surface area contributed by atoms with Crippen molar-refractivity contribution in [3.8, 4) is 11.5 Å². The van der Waals surface area contributed by atoms with Gasteiger partial charge in [-0.3, -0.25) is 9.59 Å². The van der Waals surface area contributed by atoms with Gasteiger partial charge in [0.15, 0.2) is 11.5 Å². The molecule has 2 amide bonds. The van der Waals surface area contributed by atoms with Crippen molar-refractivity contribution < 1.29 is 19.1 Å². The number of ether oxygens (including phenoxy) is 2. The van der Waals surface area contributed by atoms with Crippen LogP contribution in [-0.4, -0.2) is 65.9 Å². The van der Waals surface area contributed by atoms with Crippen molar-refractivity contribution in [1.82, 2.24) is 9.91 Å². The minimum absolute atomic E-state index is 0.0250. The van der Waals surface area contributed by atoms with Crippen molar-refractivity contribution in [3.63, 3.8) is 0 Å². The highest BCUT2D eigenvalue weighted by molar-refractivity contribution is 8.14. The fourth-order valence-corrected chi connectivity index (χ4v) is 5.11. The lowest BCUT2D eigenvalue weighted by Crippen LogP contribution is -2.32. The molecule has 1 N–H and O–H groups in total. The number of nitrogens with one attached hydrogen (secondary N) is 1. The van der Waals surface area contributed by atoms with E-state index in [0.29, 0.717) is 36.8 Å². The van der Waals surface area contributed by atoms with E-state index in [1.807, 2.05) is 42.5 Å². The van der Waals surface area contributed by atoms with Gasteiger partial charge >= 0.3 is 5.24 Å². The first-order valence-corrected chi connectivity index (χ1v) is 14.0. The molecule has 0 aliphatic carbocycles. The summed E-state index contributed by atoms with van der Waals surface area (Å²) in [6.07, 6.45) is 5.13. The summed E-state index contributed by atoms with van der Waals surface area (Å²) in [5.41, 5.74) is 3.41. The Kier molecular flexibility index (Phi) is 9.85. The minimum atomic E-state index is -0.0881. The Balaban J connectivity index is 1.36. The summed E-state index contributed by atoms with van der Waals surface area (Å²) in [6.45, 7) is 5.99. The third kappa shape index (κ3) is 7.72. The summed E-state index contributed by atoms with van der Waals surface area (Å²) in [7, 11) is 1.62. The monoisotopic (exact) mass is 524 g/mol. The van der Waals surface area contributed by atoms with E-state index in [4.69, 9.17) is 9.47 Å². The van der Waals surface area contributed by atoms with Gasteiger partial charge < -0.3 is 19.7 Å². The maximum Gasteiger partial charge on any atom is 0.302 e. The second kappa shape index (κ2) is 13.5. The third-order valence-corrected chi connectivity index (χ3v) is 7.29. The molecule has 2 heterocycles. The molecule has 2 aromatic carbocycles. The topological polar surface area (TPSA) is 83.5 Å². The molecule has 0 bridgehead atoms. The Bertz CT molecular complexity index is 1100. The first-order valence-electron chi connectivity index (χ1n) is 13.0. The summed E-state index contributed by atoms with van der Waals surface area (Å²) in [6, 6.07) is 13.3. The first kappa shape index (κ1) is 27.0. The number of hydrogen-bond acceptors (Lipinski definition) is 7. The van der Waals surface area contributed by atoms with Crippen LogP contribution >= 0.6 is 11.8 Å². The zero-order valence-electron chi connectivity index (χ0n) is 21.7. The smallest absolute Gasteiger partial charge is 0.302 e. The van der Waals surface area contributed by atoms with Gasteiger partial charge in [-0.25, -0.2) is 5.01 Å². The zero-order valence-corrected chi connectivity index (χ0v) is 22.5.